The fraction of sp³-hybridized carbons (Fsp3) is 0.154. The maximum atomic E-state index is 12.1. The van der Waals surface area contributed by atoms with Gasteiger partial charge in [-0.05, 0) is 25.1 Å². The summed E-state index contributed by atoms with van der Waals surface area (Å²) in [6.07, 6.45) is 0. The Kier molecular flexibility index (Phi) is 3.67. The molecule has 0 aliphatic heterocycles. The SMILES string of the molecule is Cc1nc(C)c(C(=O)Nc2cc(Br)ccc2C#N)o1. The standard InChI is InChI=1S/C13H10BrN3O2/c1-7-12(19-8(2)16-7)13(18)17-11-5-10(14)4-3-9(11)6-15/h3-5H,1-2H3,(H,17,18). The molecule has 0 radical (unpaired) electrons. The summed E-state index contributed by atoms with van der Waals surface area (Å²) in [6, 6.07) is 7.04. The molecule has 0 aliphatic carbocycles. The van der Waals surface area contributed by atoms with Gasteiger partial charge in [-0.1, -0.05) is 15.9 Å². The monoisotopic (exact) mass is 319 g/mol. The molecule has 1 amide bonds. The Balaban J connectivity index is 2.32. The molecule has 0 fully saturated rings. The van der Waals surface area contributed by atoms with Gasteiger partial charge in [-0.2, -0.15) is 5.26 Å². The van der Waals surface area contributed by atoms with Crippen LogP contribution in [0.5, 0.6) is 0 Å². The van der Waals surface area contributed by atoms with Crippen molar-refractivity contribution < 1.29 is 9.21 Å². The van der Waals surface area contributed by atoms with Crippen LogP contribution in [0.15, 0.2) is 27.1 Å². The third kappa shape index (κ3) is 2.83. The van der Waals surface area contributed by atoms with E-state index in [-0.39, 0.29) is 5.76 Å². The number of hydrogen-bond donors (Lipinski definition) is 1. The fourth-order valence-electron chi connectivity index (χ4n) is 1.64. The molecule has 2 rings (SSSR count). The van der Waals surface area contributed by atoms with E-state index in [2.05, 4.69) is 26.2 Å². The molecule has 5 nitrogen and oxygen atoms in total. The van der Waals surface area contributed by atoms with Gasteiger partial charge in [0.25, 0.3) is 5.91 Å². The number of nitrogens with one attached hydrogen (secondary N) is 1. The quantitative estimate of drug-likeness (QED) is 0.922. The van der Waals surface area contributed by atoms with Crippen molar-refractivity contribution in [1.29, 1.82) is 5.26 Å². The summed E-state index contributed by atoms with van der Waals surface area (Å²) < 4.78 is 6.00. The van der Waals surface area contributed by atoms with E-state index < -0.39 is 5.91 Å². The number of nitriles is 1. The van der Waals surface area contributed by atoms with Gasteiger partial charge < -0.3 is 9.73 Å². The van der Waals surface area contributed by atoms with E-state index in [0.717, 1.165) is 4.47 Å². The van der Waals surface area contributed by atoms with Crippen LogP contribution in [0.2, 0.25) is 0 Å². The first-order valence-electron chi connectivity index (χ1n) is 5.46. The first kappa shape index (κ1) is 13.3. The van der Waals surface area contributed by atoms with Gasteiger partial charge in [0.2, 0.25) is 5.76 Å². The molecule has 0 saturated heterocycles. The molecule has 1 heterocycles. The van der Waals surface area contributed by atoms with Gasteiger partial charge in [-0.15, -0.1) is 0 Å². The van der Waals surface area contributed by atoms with Crippen LogP contribution < -0.4 is 5.32 Å². The van der Waals surface area contributed by atoms with Gasteiger partial charge in [-0.25, -0.2) is 4.98 Å². The number of anilines is 1. The Hall–Kier alpha value is -2.13. The highest BCUT2D eigenvalue weighted by Crippen LogP contribution is 2.22. The Bertz CT molecular complexity index is 686. The topological polar surface area (TPSA) is 78.9 Å². The second-order valence-corrected chi connectivity index (χ2v) is 4.82. The molecule has 0 saturated carbocycles. The van der Waals surface area contributed by atoms with E-state index >= 15 is 0 Å². The maximum absolute atomic E-state index is 12.1. The Morgan fingerprint density at radius 2 is 2.21 bits per heavy atom. The number of hydrogen-bond acceptors (Lipinski definition) is 4. The van der Waals surface area contributed by atoms with E-state index in [0.29, 0.717) is 22.8 Å². The van der Waals surface area contributed by atoms with Gasteiger partial charge in [0, 0.05) is 11.4 Å². The number of aromatic nitrogens is 1. The number of benzene rings is 1. The molecular weight excluding hydrogens is 310 g/mol. The minimum atomic E-state index is -0.423. The summed E-state index contributed by atoms with van der Waals surface area (Å²) in [5.74, 6) is 0.159. The highest BCUT2D eigenvalue weighted by Gasteiger charge is 2.17. The number of aryl methyl sites for hydroxylation is 2. The number of amides is 1. The van der Waals surface area contributed by atoms with E-state index in [4.69, 9.17) is 9.68 Å². The van der Waals surface area contributed by atoms with Crippen LogP contribution in [0, 0.1) is 25.2 Å². The first-order chi connectivity index (χ1) is 9.01. The van der Waals surface area contributed by atoms with E-state index in [1.54, 1.807) is 32.0 Å². The fourth-order valence-corrected chi connectivity index (χ4v) is 2.00. The number of carbonyl (C=O) groups excluding carboxylic acids is 1. The molecule has 0 bridgehead atoms. The number of nitrogens with zero attached hydrogens (tertiary/aromatic N) is 2. The molecular formula is C13H10BrN3O2. The van der Waals surface area contributed by atoms with Crippen LogP contribution >= 0.6 is 15.9 Å². The lowest BCUT2D eigenvalue weighted by molar-refractivity contribution is 0.0994. The molecule has 2 aromatic rings. The predicted octanol–water partition coefficient (Wildman–Crippen LogP) is 3.18. The normalized spacial score (nSPS) is 10.0. The summed E-state index contributed by atoms with van der Waals surface area (Å²) in [5.41, 5.74) is 1.32. The van der Waals surface area contributed by atoms with Gasteiger partial charge in [-0.3, -0.25) is 4.79 Å². The lowest BCUT2D eigenvalue weighted by Gasteiger charge is -2.06. The van der Waals surface area contributed by atoms with E-state index in [1.165, 1.54) is 0 Å². The van der Waals surface area contributed by atoms with Crippen molar-refractivity contribution in [2.45, 2.75) is 13.8 Å². The third-order valence-corrected chi connectivity index (χ3v) is 2.95. The molecule has 1 N–H and O–H groups in total. The zero-order valence-electron chi connectivity index (χ0n) is 10.3. The largest absolute Gasteiger partial charge is 0.436 e. The van der Waals surface area contributed by atoms with Crippen molar-refractivity contribution in [3.8, 4) is 6.07 Å². The Morgan fingerprint density at radius 3 is 2.79 bits per heavy atom. The molecule has 6 heteroatoms. The summed E-state index contributed by atoms with van der Waals surface area (Å²) in [5, 5.41) is 11.6. The van der Waals surface area contributed by atoms with Crippen LogP contribution in [-0.2, 0) is 0 Å². The molecule has 0 aliphatic rings. The number of oxazole rings is 1. The highest BCUT2D eigenvalue weighted by molar-refractivity contribution is 9.10. The Morgan fingerprint density at radius 1 is 1.47 bits per heavy atom. The predicted molar refractivity (Wildman–Crippen MR) is 72.8 cm³/mol. The van der Waals surface area contributed by atoms with E-state index in [1.807, 2.05) is 6.07 Å². The summed E-state index contributed by atoms with van der Waals surface area (Å²) in [7, 11) is 0. The minimum Gasteiger partial charge on any atom is -0.436 e. The van der Waals surface area contributed by atoms with Crippen LogP contribution in [-0.4, -0.2) is 10.9 Å². The average molecular weight is 320 g/mol. The number of halogens is 1. The summed E-state index contributed by atoms with van der Waals surface area (Å²) >= 11 is 3.29. The highest BCUT2D eigenvalue weighted by atomic mass is 79.9. The molecule has 96 valence electrons. The zero-order chi connectivity index (χ0) is 14.0. The molecule has 19 heavy (non-hydrogen) atoms. The van der Waals surface area contributed by atoms with Crippen molar-refractivity contribution in [3.05, 3.63) is 45.6 Å². The Labute approximate surface area is 118 Å². The first-order valence-corrected chi connectivity index (χ1v) is 6.25. The third-order valence-electron chi connectivity index (χ3n) is 2.46. The second kappa shape index (κ2) is 5.24. The van der Waals surface area contributed by atoms with Gasteiger partial charge in [0.1, 0.15) is 6.07 Å². The molecule has 0 unspecified atom stereocenters. The van der Waals surface area contributed by atoms with Crippen LogP contribution in [0.4, 0.5) is 5.69 Å². The van der Waals surface area contributed by atoms with Gasteiger partial charge >= 0.3 is 0 Å². The van der Waals surface area contributed by atoms with Crippen LogP contribution in [0.1, 0.15) is 27.7 Å². The molecule has 1 aromatic carbocycles. The average Bonchev–Trinajstić information content (AvgIpc) is 2.69. The lowest BCUT2D eigenvalue weighted by atomic mass is 10.2. The van der Waals surface area contributed by atoms with Crippen LogP contribution in [0.25, 0.3) is 0 Å². The van der Waals surface area contributed by atoms with Crippen molar-refractivity contribution in [2.75, 3.05) is 5.32 Å². The van der Waals surface area contributed by atoms with Crippen LogP contribution in [0.3, 0.4) is 0 Å². The van der Waals surface area contributed by atoms with Gasteiger partial charge in [0.05, 0.1) is 16.9 Å². The van der Waals surface area contributed by atoms with Crippen molar-refractivity contribution >= 4 is 27.5 Å². The second-order valence-electron chi connectivity index (χ2n) is 3.90. The van der Waals surface area contributed by atoms with Crippen molar-refractivity contribution in [3.63, 3.8) is 0 Å². The van der Waals surface area contributed by atoms with E-state index in [9.17, 15) is 4.79 Å². The summed E-state index contributed by atoms with van der Waals surface area (Å²) in [6.45, 7) is 3.36. The lowest BCUT2D eigenvalue weighted by Crippen LogP contribution is -2.13. The minimum absolute atomic E-state index is 0.154. The smallest absolute Gasteiger partial charge is 0.293 e. The summed E-state index contributed by atoms with van der Waals surface area (Å²) in [4.78, 5) is 16.1. The van der Waals surface area contributed by atoms with Crippen molar-refractivity contribution in [1.82, 2.24) is 4.98 Å². The van der Waals surface area contributed by atoms with Crippen molar-refractivity contribution in [2.24, 2.45) is 0 Å². The molecule has 0 spiro atoms. The maximum Gasteiger partial charge on any atom is 0.293 e. The molecule has 0 atom stereocenters. The zero-order valence-corrected chi connectivity index (χ0v) is 11.9. The molecule has 1 aromatic heterocycles. The van der Waals surface area contributed by atoms with Gasteiger partial charge in [0.15, 0.2) is 5.89 Å². The number of rotatable bonds is 2. The number of carbonyl (C=O) groups is 1.